The predicted octanol–water partition coefficient (Wildman–Crippen LogP) is -0.330. The molecule has 1 aromatic rings. The highest BCUT2D eigenvalue weighted by Crippen LogP contribution is 2.02. The SMILES string of the molecule is CCn1cccc1C(=O)NCC(=O)N1CCNCC1. The maximum Gasteiger partial charge on any atom is 0.268 e. The lowest BCUT2D eigenvalue weighted by Gasteiger charge is -2.27. The number of piperazine rings is 1. The molecule has 2 amide bonds. The molecule has 6 heteroatoms. The van der Waals surface area contributed by atoms with Crippen molar-refractivity contribution in [3.05, 3.63) is 24.0 Å². The fourth-order valence-corrected chi connectivity index (χ4v) is 2.17. The van der Waals surface area contributed by atoms with Crippen LogP contribution < -0.4 is 10.6 Å². The molecule has 2 rings (SSSR count). The van der Waals surface area contributed by atoms with E-state index >= 15 is 0 Å². The van der Waals surface area contributed by atoms with Gasteiger partial charge in [-0.1, -0.05) is 0 Å². The largest absolute Gasteiger partial charge is 0.344 e. The van der Waals surface area contributed by atoms with Crippen LogP contribution in [0.5, 0.6) is 0 Å². The molecule has 0 saturated carbocycles. The van der Waals surface area contributed by atoms with E-state index in [0.29, 0.717) is 18.8 Å². The second kappa shape index (κ2) is 6.38. The number of nitrogens with one attached hydrogen (secondary N) is 2. The zero-order valence-electron chi connectivity index (χ0n) is 11.2. The average molecular weight is 264 g/mol. The maximum atomic E-state index is 12.0. The van der Waals surface area contributed by atoms with Gasteiger partial charge < -0.3 is 20.1 Å². The smallest absolute Gasteiger partial charge is 0.268 e. The fraction of sp³-hybridized carbons (Fsp3) is 0.538. The summed E-state index contributed by atoms with van der Waals surface area (Å²) < 4.78 is 1.85. The monoisotopic (exact) mass is 264 g/mol. The van der Waals surface area contributed by atoms with E-state index in [4.69, 9.17) is 0 Å². The third-order valence-corrected chi connectivity index (χ3v) is 3.27. The molecule has 0 aliphatic carbocycles. The zero-order chi connectivity index (χ0) is 13.7. The molecule has 1 saturated heterocycles. The van der Waals surface area contributed by atoms with Gasteiger partial charge in [0.2, 0.25) is 5.91 Å². The van der Waals surface area contributed by atoms with E-state index in [9.17, 15) is 9.59 Å². The molecule has 0 radical (unpaired) electrons. The van der Waals surface area contributed by atoms with Gasteiger partial charge in [0.25, 0.3) is 5.91 Å². The van der Waals surface area contributed by atoms with Crippen LogP contribution in [0.2, 0.25) is 0 Å². The molecule has 6 nitrogen and oxygen atoms in total. The third-order valence-electron chi connectivity index (χ3n) is 3.27. The number of aromatic nitrogens is 1. The van der Waals surface area contributed by atoms with Gasteiger partial charge >= 0.3 is 0 Å². The molecule has 0 bridgehead atoms. The molecule has 0 unspecified atom stereocenters. The van der Waals surface area contributed by atoms with Crippen molar-refractivity contribution in [1.82, 2.24) is 20.1 Å². The second-order valence-electron chi connectivity index (χ2n) is 4.49. The van der Waals surface area contributed by atoms with Gasteiger partial charge in [0.15, 0.2) is 0 Å². The summed E-state index contributed by atoms with van der Waals surface area (Å²) >= 11 is 0. The summed E-state index contributed by atoms with van der Waals surface area (Å²) in [4.78, 5) is 25.6. The van der Waals surface area contributed by atoms with Crippen molar-refractivity contribution in [3.63, 3.8) is 0 Å². The van der Waals surface area contributed by atoms with E-state index < -0.39 is 0 Å². The van der Waals surface area contributed by atoms with Gasteiger partial charge in [-0.25, -0.2) is 0 Å². The van der Waals surface area contributed by atoms with Crippen molar-refractivity contribution in [1.29, 1.82) is 0 Å². The van der Waals surface area contributed by atoms with Crippen LogP contribution in [-0.2, 0) is 11.3 Å². The minimum absolute atomic E-state index is 0.0237. The number of carbonyl (C=O) groups excluding carboxylic acids is 2. The Hall–Kier alpha value is -1.82. The van der Waals surface area contributed by atoms with Crippen LogP contribution >= 0.6 is 0 Å². The van der Waals surface area contributed by atoms with Gasteiger partial charge in [-0.3, -0.25) is 9.59 Å². The van der Waals surface area contributed by atoms with Crippen molar-refractivity contribution in [2.45, 2.75) is 13.5 Å². The first-order valence-corrected chi connectivity index (χ1v) is 6.64. The molecule has 104 valence electrons. The van der Waals surface area contributed by atoms with Crippen molar-refractivity contribution < 1.29 is 9.59 Å². The van der Waals surface area contributed by atoms with E-state index in [1.165, 1.54) is 0 Å². The Kier molecular flexibility index (Phi) is 4.57. The van der Waals surface area contributed by atoms with Gasteiger partial charge in [0.1, 0.15) is 5.69 Å². The number of aryl methyl sites for hydroxylation is 1. The Morgan fingerprint density at radius 3 is 2.79 bits per heavy atom. The molecule has 1 fully saturated rings. The number of nitrogens with zero attached hydrogens (tertiary/aromatic N) is 2. The van der Waals surface area contributed by atoms with E-state index in [2.05, 4.69) is 10.6 Å². The van der Waals surface area contributed by atoms with Crippen molar-refractivity contribution in [2.75, 3.05) is 32.7 Å². The summed E-state index contributed by atoms with van der Waals surface area (Å²) in [5, 5.41) is 5.87. The molecule has 1 aliphatic heterocycles. The Labute approximate surface area is 112 Å². The van der Waals surface area contributed by atoms with Gasteiger partial charge in [0.05, 0.1) is 6.54 Å². The normalized spacial score (nSPS) is 15.3. The minimum atomic E-state index is -0.199. The zero-order valence-corrected chi connectivity index (χ0v) is 11.2. The molecule has 1 aromatic heterocycles. The number of amides is 2. The lowest BCUT2D eigenvalue weighted by atomic mass is 10.3. The van der Waals surface area contributed by atoms with Gasteiger partial charge in [-0.05, 0) is 19.1 Å². The third kappa shape index (κ3) is 3.35. The lowest BCUT2D eigenvalue weighted by Crippen LogP contribution is -2.49. The second-order valence-corrected chi connectivity index (χ2v) is 4.49. The first-order chi connectivity index (χ1) is 9.22. The summed E-state index contributed by atoms with van der Waals surface area (Å²) in [5.74, 6) is -0.222. The highest BCUT2D eigenvalue weighted by Gasteiger charge is 2.17. The summed E-state index contributed by atoms with van der Waals surface area (Å²) in [6, 6.07) is 3.59. The fourth-order valence-electron chi connectivity index (χ4n) is 2.17. The first kappa shape index (κ1) is 13.6. The summed E-state index contributed by atoms with van der Waals surface area (Å²) in [6.45, 7) is 5.83. The molecule has 1 aliphatic rings. The molecule has 0 atom stereocenters. The number of hydrogen-bond donors (Lipinski definition) is 2. The summed E-state index contributed by atoms with van der Waals surface area (Å²) in [6.07, 6.45) is 1.85. The van der Waals surface area contributed by atoms with E-state index in [1.807, 2.05) is 23.8 Å². The summed E-state index contributed by atoms with van der Waals surface area (Å²) in [5.41, 5.74) is 0.593. The number of rotatable bonds is 4. The van der Waals surface area contributed by atoms with Crippen LogP contribution in [-0.4, -0.2) is 54.0 Å². The van der Waals surface area contributed by atoms with Crippen LogP contribution in [0.1, 0.15) is 17.4 Å². The number of hydrogen-bond acceptors (Lipinski definition) is 3. The molecular formula is C13H20N4O2. The van der Waals surface area contributed by atoms with Crippen LogP contribution in [0.4, 0.5) is 0 Å². The first-order valence-electron chi connectivity index (χ1n) is 6.64. The lowest BCUT2D eigenvalue weighted by molar-refractivity contribution is -0.130. The maximum absolute atomic E-state index is 12.0. The van der Waals surface area contributed by atoms with Gasteiger partial charge in [-0.15, -0.1) is 0 Å². The molecule has 0 aromatic carbocycles. The Morgan fingerprint density at radius 2 is 2.11 bits per heavy atom. The highest BCUT2D eigenvalue weighted by molar-refractivity contribution is 5.95. The van der Waals surface area contributed by atoms with E-state index in [-0.39, 0.29) is 18.4 Å². The average Bonchev–Trinajstić information content (AvgIpc) is 2.93. The topological polar surface area (TPSA) is 66.4 Å². The Balaban J connectivity index is 1.84. The molecule has 2 heterocycles. The predicted molar refractivity (Wildman–Crippen MR) is 71.9 cm³/mol. The number of carbonyl (C=O) groups is 2. The van der Waals surface area contributed by atoms with Crippen LogP contribution in [0.3, 0.4) is 0 Å². The van der Waals surface area contributed by atoms with E-state index in [0.717, 1.165) is 19.6 Å². The Bertz CT molecular complexity index is 449. The van der Waals surface area contributed by atoms with Gasteiger partial charge in [0, 0.05) is 38.9 Å². The summed E-state index contributed by atoms with van der Waals surface area (Å²) in [7, 11) is 0. The Morgan fingerprint density at radius 1 is 1.37 bits per heavy atom. The van der Waals surface area contributed by atoms with Crippen molar-refractivity contribution >= 4 is 11.8 Å². The molecular weight excluding hydrogens is 244 g/mol. The van der Waals surface area contributed by atoms with E-state index in [1.54, 1.807) is 11.0 Å². The highest BCUT2D eigenvalue weighted by atomic mass is 16.2. The molecule has 2 N–H and O–H groups in total. The quantitative estimate of drug-likeness (QED) is 0.782. The molecule has 0 spiro atoms. The van der Waals surface area contributed by atoms with Crippen molar-refractivity contribution in [2.24, 2.45) is 0 Å². The standard InChI is InChI=1S/C13H20N4O2/c1-2-16-7-3-4-11(16)13(19)15-10-12(18)17-8-5-14-6-9-17/h3-4,7,14H,2,5-6,8-10H2,1H3,(H,15,19). The van der Waals surface area contributed by atoms with Gasteiger partial charge in [-0.2, -0.15) is 0 Å². The van der Waals surface area contributed by atoms with Crippen LogP contribution in [0, 0.1) is 0 Å². The van der Waals surface area contributed by atoms with Crippen LogP contribution in [0.25, 0.3) is 0 Å². The van der Waals surface area contributed by atoms with Crippen molar-refractivity contribution in [3.8, 4) is 0 Å². The minimum Gasteiger partial charge on any atom is -0.344 e. The van der Waals surface area contributed by atoms with Crippen LogP contribution in [0.15, 0.2) is 18.3 Å². The molecule has 19 heavy (non-hydrogen) atoms.